The van der Waals surface area contributed by atoms with Gasteiger partial charge in [-0.25, -0.2) is 0 Å². The second-order valence-corrected chi connectivity index (χ2v) is 7.52. The van der Waals surface area contributed by atoms with Gasteiger partial charge in [0.05, 0.1) is 18.8 Å². The predicted octanol–water partition coefficient (Wildman–Crippen LogP) is 4.04. The van der Waals surface area contributed by atoms with Crippen LogP contribution in [-0.2, 0) is 4.79 Å². The van der Waals surface area contributed by atoms with Crippen molar-refractivity contribution < 1.29 is 9.53 Å². The number of carbonyl (C=O) groups excluding carboxylic acids is 1. The average Bonchev–Trinajstić information content (AvgIpc) is 2.60. The average molecular weight is 361 g/mol. The Morgan fingerprint density at radius 1 is 1.15 bits per heavy atom. The second kappa shape index (κ2) is 6.50. The van der Waals surface area contributed by atoms with Crippen molar-refractivity contribution in [3.05, 3.63) is 60.7 Å². The maximum Gasteiger partial charge on any atom is 0.243 e. The molecule has 0 fully saturated rings. The molecule has 27 heavy (non-hydrogen) atoms. The Morgan fingerprint density at radius 3 is 2.78 bits per heavy atom. The summed E-state index contributed by atoms with van der Waals surface area (Å²) in [6.07, 6.45) is 0. The summed E-state index contributed by atoms with van der Waals surface area (Å²) in [6, 6.07) is 19.5. The van der Waals surface area contributed by atoms with E-state index in [1.807, 2.05) is 79.4 Å². The molecular formula is C22H23N3O2. The van der Waals surface area contributed by atoms with Crippen LogP contribution in [0.3, 0.4) is 0 Å². The van der Waals surface area contributed by atoms with Crippen molar-refractivity contribution in [2.45, 2.75) is 19.4 Å². The van der Waals surface area contributed by atoms with Crippen molar-refractivity contribution in [3.63, 3.8) is 0 Å². The molecule has 0 radical (unpaired) electrons. The fourth-order valence-electron chi connectivity index (χ4n) is 3.59. The Hall–Kier alpha value is -3.21. The molecule has 0 bridgehead atoms. The molecular weight excluding hydrogens is 338 g/mol. The summed E-state index contributed by atoms with van der Waals surface area (Å²) in [5.74, 6) is 0.649. The van der Waals surface area contributed by atoms with Gasteiger partial charge in [0, 0.05) is 22.8 Å². The fourth-order valence-corrected chi connectivity index (χ4v) is 3.59. The minimum absolute atomic E-state index is 0.0631. The lowest BCUT2D eigenvalue weighted by atomic mass is 10.0. The Balaban J connectivity index is 1.58. The highest BCUT2D eigenvalue weighted by Crippen LogP contribution is 2.38. The minimum Gasteiger partial charge on any atom is -0.484 e. The lowest BCUT2D eigenvalue weighted by Crippen LogP contribution is -2.49. The van der Waals surface area contributed by atoms with Gasteiger partial charge < -0.3 is 20.7 Å². The van der Waals surface area contributed by atoms with Crippen LogP contribution in [0.4, 0.5) is 17.1 Å². The number of nitrogens with one attached hydrogen (secondary N) is 1. The molecule has 1 amide bonds. The lowest BCUT2D eigenvalue weighted by molar-refractivity contribution is -0.115. The number of carbonyl (C=O) groups is 1. The third kappa shape index (κ3) is 3.53. The van der Waals surface area contributed by atoms with E-state index in [0.717, 1.165) is 22.1 Å². The Labute approximate surface area is 158 Å². The summed E-state index contributed by atoms with van der Waals surface area (Å²) in [4.78, 5) is 14.8. The molecule has 1 aliphatic heterocycles. The number of nitrogens with zero attached hydrogens (tertiary/aromatic N) is 1. The highest BCUT2D eigenvalue weighted by Gasteiger charge is 2.32. The highest BCUT2D eigenvalue weighted by atomic mass is 16.5. The first-order valence-electron chi connectivity index (χ1n) is 9.02. The minimum atomic E-state index is -0.402. The van der Waals surface area contributed by atoms with Gasteiger partial charge in [0.2, 0.25) is 5.91 Å². The lowest BCUT2D eigenvalue weighted by Gasteiger charge is -2.40. The molecule has 0 saturated heterocycles. The normalized spacial score (nSPS) is 15.1. The number of benzene rings is 3. The second-order valence-electron chi connectivity index (χ2n) is 7.52. The van der Waals surface area contributed by atoms with Crippen molar-refractivity contribution >= 4 is 33.7 Å². The van der Waals surface area contributed by atoms with Gasteiger partial charge in [-0.1, -0.05) is 36.4 Å². The van der Waals surface area contributed by atoms with E-state index >= 15 is 0 Å². The molecule has 4 rings (SSSR count). The molecule has 0 unspecified atom stereocenters. The first-order valence-corrected chi connectivity index (χ1v) is 9.02. The van der Waals surface area contributed by atoms with Gasteiger partial charge >= 0.3 is 0 Å². The van der Waals surface area contributed by atoms with Crippen LogP contribution in [0.1, 0.15) is 13.8 Å². The van der Waals surface area contributed by atoms with Crippen molar-refractivity contribution in [1.29, 1.82) is 0 Å². The maximum absolute atomic E-state index is 12.8. The molecule has 5 nitrogen and oxygen atoms in total. The first kappa shape index (κ1) is 17.2. The summed E-state index contributed by atoms with van der Waals surface area (Å²) in [7, 11) is 0. The molecule has 138 valence electrons. The van der Waals surface area contributed by atoms with Crippen LogP contribution in [-0.4, -0.2) is 24.6 Å². The zero-order valence-corrected chi connectivity index (χ0v) is 15.5. The third-order valence-electron chi connectivity index (χ3n) is 4.68. The van der Waals surface area contributed by atoms with E-state index < -0.39 is 5.60 Å². The number of hydrogen-bond acceptors (Lipinski definition) is 4. The number of ether oxygens (including phenoxy) is 1. The van der Waals surface area contributed by atoms with Crippen LogP contribution in [0.15, 0.2) is 60.7 Å². The largest absolute Gasteiger partial charge is 0.484 e. The summed E-state index contributed by atoms with van der Waals surface area (Å²) in [6.45, 7) is 4.88. The van der Waals surface area contributed by atoms with Crippen molar-refractivity contribution in [1.82, 2.24) is 0 Å². The van der Waals surface area contributed by atoms with E-state index in [0.29, 0.717) is 18.0 Å². The van der Waals surface area contributed by atoms with E-state index in [2.05, 4.69) is 5.32 Å². The van der Waals surface area contributed by atoms with Crippen LogP contribution in [0, 0.1) is 0 Å². The molecule has 0 aromatic heterocycles. The summed E-state index contributed by atoms with van der Waals surface area (Å²) in [5, 5.41) is 5.19. The maximum atomic E-state index is 12.8. The quantitative estimate of drug-likeness (QED) is 0.691. The standard InChI is InChI=1S/C22H23N3O2/c1-22(2)14-25(19-11-10-16(23)12-20(19)27-22)13-21(26)24-18-9-5-7-15-6-3-4-8-17(15)18/h3-12H,13-14,23H2,1-2H3,(H,24,26). The predicted molar refractivity (Wildman–Crippen MR) is 110 cm³/mol. The van der Waals surface area contributed by atoms with E-state index in [1.54, 1.807) is 0 Å². The molecule has 3 N–H and O–H groups in total. The zero-order chi connectivity index (χ0) is 19.0. The van der Waals surface area contributed by atoms with Crippen LogP contribution in [0.25, 0.3) is 10.8 Å². The van der Waals surface area contributed by atoms with Gasteiger partial charge in [-0.2, -0.15) is 0 Å². The number of nitrogen functional groups attached to an aromatic ring is 1. The molecule has 0 spiro atoms. The number of fused-ring (bicyclic) bond motifs is 2. The van der Waals surface area contributed by atoms with Crippen LogP contribution < -0.4 is 20.7 Å². The van der Waals surface area contributed by atoms with Crippen LogP contribution in [0.5, 0.6) is 5.75 Å². The number of hydrogen-bond donors (Lipinski definition) is 2. The number of amides is 1. The number of anilines is 3. The molecule has 1 aliphatic rings. The van der Waals surface area contributed by atoms with Gasteiger partial charge in [0.15, 0.2) is 0 Å². The fraction of sp³-hybridized carbons (Fsp3) is 0.227. The zero-order valence-electron chi connectivity index (χ0n) is 15.5. The molecule has 0 atom stereocenters. The highest BCUT2D eigenvalue weighted by molar-refractivity contribution is 6.03. The summed E-state index contributed by atoms with van der Waals surface area (Å²) < 4.78 is 6.03. The van der Waals surface area contributed by atoms with E-state index in [9.17, 15) is 4.79 Å². The third-order valence-corrected chi connectivity index (χ3v) is 4.68. The first-order chi connectivity index (χ1) is 12.9. The van der Waals surface area contributed by atoms with Gasteiger partial charge in [0.1, 0.15) is 11.4 Å². The van der Waals surface area contributed by atoms with E-state index in [1.165, 1.54) is 0 Å². The summed E-state index contributed by atoms with van der Waals surface area (Å²) in [5.41, 5.74) is 7.85. The monoisotopic (exact) mass is 361 g/mol. The molecule has 1 heterocycles. The van der Waals surface area contributed by atoms with Crippen LogP contribution in [0.2, 0.25) is 0 Å². The Morgan fingerprint density at radius 2 is 1.93 bits per heavy atom. The molecule has 3 aromatic rings. The molecule has 3 aromatic carbocycles. The molecule has 0 aliphatic carbocycles. The number of rotatable bonds is 3. The van der Waals surface area contributed by atoms with Gasteiger partial charge in [-0.05, 0) is 37.4 Å². The molecule has 0 saturated carbocycles. The van der Waals surface area contributed by atoms with Gasteiger partial charge in [-0.15, -0.1) is 0 Å². The Bertz CT molecular complexity index is 1010. The topological polar surface area (TPSA) is 67.6 Å². The van der Waals surface area contributed by atoms with E-state index in [-0.39, 0.29) is 12.5 Å². The SMILES string of the molecule is CC1(C)CN(CC(=O)Nc2cccc3ccccc23)c2ccc(N)cc2O1. The van der Waals surface area contributed by atoms with Crippen molar-refractivity contribution in [2.75, 3.05) is 29.0 Å². The van der Waals surface area contributed by atoms with Crippen LogP contribution >= 0.6 is 0 Å². The number of nitrogens with two attached hydrogens (primary N) is 1. The van der Waals surface area contributed by atoms with Gasteiger partial charge in [0.25, 0.3) is 0 Å². The van der Waals surface area contributed by atoms with Gasteiger partial charge in [-0.3, -0.25) is 4.79 Å². The summed E-state index contributed by atoms with van der Waals surface area (Å²) >= 11 is 0. The Kier molecular flexibility index (Phi) is 4.15. The smallest absolute Gasteiger partial charge is 0.243 e. The van der Waals surface area contributed by atoms with Crippen molar-refractivity contribution in [3.8, 4) is 5.75 Å². The molecule has 5 heteroatoms. The van der Waals surface area contributed by atoms with Crippen molar-refractivity contribution in [2.24, 2.45) is 0 Å². The van der Waals surface area contributed by atoms with E-state index in [4.69, 9.17) is 10.5 Å².